The molecule has 7 nitrogen and oxygen atoms in total. The fourth-order valence-corrected chi connectivity index (χ4v) is 3.49. The molecule has 8 heteroatoms. The summed E-state index contributed by atoms with van der Waals surface area (Å²) in [5.74, 6) is 7.39. The van der Waals surface area contributed by atoms with Gasteiger partial charge in [-0.2, -0.15) is 0 Å². The maximum Gasteiger partial charge on any atom is 0.234 e. The van der Waals surface area contributed by atoms with Gasteiger partial charge in [0.05, 0.1) is 5.75 Å². The first-order valence-electron chi connectivity index (χ1n) is 9.23. The molecule has 152 valence electrons. The van der Waals surface area contributed by atoms with Gasteiger partial charge < -0.3 is 15.9 Å². The number of aryl methyl sites for hydroxylation is 3. The van der Waals surface area contributed by atoms with Crippen molar-refractivity contribution in [2.45, 2.75) is 39.5 Å². The molecule has 0 saturated heterocycles. The van der Waals surface area contributed by atoms with Crippen molar-refractivity contribution in [3.05, 3.63) is 64.5 Å². The third kappa shape index (κ3) is 5.08. The van der Waals surface area contributed by atoms with E-state index in [0.29, 0.717) is 11.0 Å². The molecular weight excluding hydrogens is 386 g/mol. The number of hydrogen-bond acceptors (Lipinski definition) is 6. The van der Waals surface area contributed by atoms with E-state index >= 15 is 0 Å². The van der Waals surface area contributed by atoms with Crippen LogP contribution < -0.4 is 15.9 Å². The van der Waals surface area contributed by atoms with Gasteiger partial charge in [0.2, 0.25) is 11.1 Å². The zero-order chi connectivity index (χ0) is 21.0. The Morgan fingerprint density at radius 3 is 2.69 bits per heavy atom. The van der Waals surface area contributed by atoms with Gasteiger partial charge in [-0.05, 0) is 56.5 Å². The van der Waals surface area contributed by atoms with Crippen LogP contribution in [0.25, 0.3) is 0 Å². The van der Waals surface area contributed by atoms with E-state index in [9.17, 15) is 4.79 Å². The van der Waals surface area contributed by atoms with Crippen molar-refractivity contribution >= 4 is 23.4 Å². The van der Waals surface area contributed by atoms with Crippen molar-refractivity contribution in [2.24, 2.45) is 0 Å². The minimum Gasteiger partial charge on any atom is -0.485 e. The highest BCUT2D eigenvalue weighted by atomic mass is 32.2. The number of aromatic nitrogens is 3. The first-order valence-corrected chi connectivity index (χ1v) is 10.2. The largest absolute Gasteiger partial charge is 0.485 e. The number of carbonyl (C=O) groups is 1. The van der Waals surface area contributed by atoms with Gasteiger partial charge in [0.15, 0.2) is 5.82 Å². The van der Waals surface area contributed by atoms with Crippen molar-refractivity contribution in [1.82, 2.24) is 14.9 Å². The summed E-state index contributed by atoms with van der Waals surface area (Å²) in [4.78, 5) is 12.3. The highest BCUT2D eigenvalue weighted by Gasteiger charge is 2.14. The minimum atomic E-state index is -0.125. The number of nitrogens with two attached hydrogens (primary N) is 1. The summed E-state index contributed by atoms with van der Waals surface area (Å²) < 4.78 is 7.17. The number of ether oxygens (including phenoxy) is 1. The summed E-state index contributed by atoms with van der Waals surface area (Å²) in [7, 11) is 0. The fraction of sp³-hybridized carbons (Fsp3) is 0.286. The molecule has 0 radical (unpaired) electrons. The van der Waals surface area contributed by atoms with E-state index in [1.165, 1.54) is 22.0 Å². The van der Waals surface area contributed by atoms with Crippen molar-refractivity contribution in [3.8, 4) is 5.75 Å². The lowest BCUT2D eigenvalue weighted by Crippen LogP contribution is -2.18. The van der Waals surface area contributed by atoms with Crippen LogP contribution in [0.2, 0.25) is 0 Å². The van der Waals surface area contributed by atoms with E-state index in [2.05, 4.69) is 21.6 Å². The van der Waals surface area contributed by atoms with Crippen LogP contribution in [-0.2, 0) is 11.4 Å². The molecular formula is C21H25N5O2S. The Bertz CT molecular complexity index is 1030. The number of thioether (sulfide) groups is 1. The van der Waals surface area contributed by atoms with Crippen LogP contribution in [-0.4, -0.2) is 26.5 Å². The van der Waals surface area contributed by atoms with Gasteiger partial charge in [0.25, 0.3) is 0 Å². The van der Waals surface area contributed by atoms with Gasteiger partial charge in [-0.1, -0.05) is 41.6 Å². The quantitative estimate of drug-likeness (QED) is 0.456. The van der Waals surface area contributed by atoms with Gasteiger partial charge >= 0.3 is 0 Å². The van der Waals surface area contributed by atoms with E-state index in [0.717, 1.165) is 28.1 Å². The molecule has 3 N–H and O–H groups in total. The Kier molecular flexibility index (Phi) is 6.43. The molecule has 29 heavy (non-hydrogen) atoms. The Morgan fingerprint density at radius 2 is 1.93 bits per heavy atom. The van der Waals surface area contributed by atoms with Crippen LogP contribution in [0.15, 0.2) is 41.6 Å². The first kappa shape index (κ1) is 20.7. The normalized spacial score (nSPS) is 10.8. The topological polar surface area (TPSA) is 95.1 Å². The summed E-state index contributed by atoms with van der Waals surface area (Å²) >= 11 is 1.23. The lowest BCUT2D eigenvalue weighted by molar-refractivity contribution is -0.113. The molecule has 0 aliphatic rings. The number of anilines is 1. The van der Waals surface area contributed by atoms with Crippen LogP contribution in [0, 0.1) is 27.7 Å². The van der Waals surface area contributed by atoms with Crippen molar-refractivity contribution in [2.75, 3.05) is 16.9 Å². The molecule has 1 heterocycles. The van der Waals surface area contributed by atoms with Crippen LogP contribution in [0.3, 0.4) is 0 Å². The Morgan fingerprint density at radius 1 is 1.14 bits per heavy atom. The number of hydrogen-bond donors (Lipinski definition) is 2. The van der Waals surface area contributed by atoms with E-state index in [1.54, 1.807) is 0 Å². The molecule has 2 aromatic carbocycles. The third-order valence-corrected chi connectivity index (χ3v) is 5.58. The van der Waals surface area contributed by atoms with Gasteiger partial charge in [-0.3, -0.25) is 4.79 Å². The number of rotatable bonds is 7. The number of benzene rings is 2. The molecule has 1 aromatic heterocycles. The molecule has 0 bridgehead atoms. The fourth-order valence-electron chi connectivity index (χ4n) is 2.81. The predicted octanol–water partition coefficient (Wildman–Crippen LogP) is 3.54. The standard InChI is InChI=1S/C21H25N5O2S/c1-13-8-9-18(15(3)10-13)28-11-19-24-25-21(26(19)22)29-12-20(27)23-17-7-5-6-14(2)16(17)4/h5-10H,11-12,22H2,1-4H3,(H,23,27). The van der Waals surface area contributed by atoms with E-state index in [1.807, 2.05) is 58.0 Å². The van der Waals surface area contributed by atoms with E-state index in [4.69, 9.17) is 10.6 Å². The molecule has 0 aliphatic carbocycles. The maximum absolute atomic E-state index is 12.3. The average Bonchev–Trinajstić information content (AvgIpc) is 3.03. The summed E-state index contributed by atoms with van der Waals surface area (Å²) in [6.07, 6.45) is 0. The molecule has 0 saturated carbocycles. The zero-order valence-corrected chi connectivity index (χ0v) is 17.8. The van der Waals surface area contributed by atoms with Gasteiger partial charge in [0.1, 0.15) is 12.4 Å². The second-order valence-corrected chi connectivity index (χ2v) is 7.85. The third-order valence-electron chi connectivity index (χ3n) is 4.63. The van der Waals surface area contributed by atoms with Crippen LogP contribution >= 0.6 is 11.8 Å². The zero-order valence-electron chi connectivity index (χ0n) is 17.0. The van der Waals surface area contributed by atoms with Crippen LogP contribution in [0.1, 0.15) is 28.1 Å². The summed E-state index contributed by atoms with van der Waals surface area (Å²) in [5.41, 5.74) is 5.22. The highest BCUT2D eigenvalue weighted by Crippen LogP contribution is 2.22. The smallest absolute Gasteiger partial charge is 0.234 e. The van der Waals surface area contributed by atoms with Gasteiger partial charge in [0, 0.05) is 5.69 Å². The molecule has 3 rings (SSSR count). The predicted molar refractivity (Wildman–Crippen MR) is 116 cm³/mol. The SMILES string of the molecule is Cc1ccc(OCc2nnc(SCC(=O)Nc3cccc(C)c3C)n2N)c(C)c1. The number of nitrogens with one attached hydrogen (secondary N) is 1. The number of nitrogens with zero attached hydrogens (tertiary/aromatic N) is 3. The van der Waals surface area contributed by atoms with Crippen LogP contribution in [0.4, 0.5) is 5.69 Å². The summed E-state index contributed by atoms with van der Waals surface area (Å²) in [5, 5.41) is 11.5. The Balaban J connectivity index is 1.56. The Hall–Kier alpha value is -3.00. The summed E-state index contributed by atoms with van der Waals surface area (Å²) in [6.45, 7) is 8.22. The number of amides is 1. The van der Waals surface area contributed by atoms with Crippen molar-refractivity contribution in [1.29, 1.82) is 0 Å². The molecule has 0 unspecified atom stereocenters. The van der Waals surface area contributed by atoms with E-state index < -0.39 is 0 Å². The molecule has 0 aliphatic heterocycles. The Labute approximate surface area is 174 Å². The second kappa shape index (κ2) is 9.00. The number of nitrogen functional groups attached to an aromatic ring is 1. The first-order chi connectivity index (χ1) is 13.8. The molecule has 1 amide bonds. The molecule has 0 fully saturated rings. The maximum atomic E-state index is 12.3. The van der Waals surface area contributed by atoms with Gasteiger partial charge in [-0.15, -0.1) is 10.2 Å². The van der Waals surface area contributed by atoms with Crippen molar-refractivity contribution < 1.29 is 9.53 Å². The minimum absolute atomic E-state index is 0.125. The lowest BCUT2D eigenvalue weighted by atomic mass is 10.1. The second-order valence-electron chi connectivity index (χ2n) is 6.91. The number of carbonyl (C=O) groups excluding carboxylic acids is 1. The molecule has 0 spiro atoms. The summed E-state index contributed by atoms with van der Waals surface area (Å²) in [6, 6.07) is 11.8. The van der Waals surface area contributed by atoms with Gasteiger partial charge in [-0.25, -0.2) is 4.68 Å². The molecule has 0 atom stereocenters. The van der Waals surface area contributed by atoms with Crippen molar-refractivity contribution in [3.63, 3.8) is 0 Å². The van der Waals surface area contributed by atoms with E-state index in [-0.39, 0.29) is 18.3 Å². The lowest BCUT2D eigenvalue weighted by Gasteiger charge is -2.10. The highest BCUT2D eigenvalue weighted by molar-refractivity contribution is 7.99. The molecule has 3 aromatic rings. The average molecular weight is 412 g/mol. The van der Waals surface area contributed by atoms with Crippen LogP contribution in [0.5, 0.6) is 5.75 Å². The monoisotopic (exact) mass is 411 g/mol.